The third kappa shape index (κ3) is 5.56. The first-order valence-corrected chi connectivity index (χ1v) is 9.01. The zero-order valence-corrected chi connectivity index (χ0v) is 16.9. The second kappa shape index (κ2) is 6.51. The van der Waals surface area contributed by atoms with E-state index in [1.165, 1.54) is 0 Å². The summed E-state index contributed by atoms with van der Waals surface area (Å²) in [7, 11) is 0. The van der Waals surface area contributed by atoms with Crippen LogP contribution in [0.3, 0.4) is 0 Å². The summed E-state index contributed by atoms with van der Waals surface area (Å²) in [6.07, 6.45) is 0.536. The average molecular weight is 337 g/mol. The van der Waals surface area contributed by atoms with E-state index >= 15 is 0 Å². The first-order chi connectivity index (χ1) is 10.1. The molecule has 0 spiro atoms. The summed E-state index contributed by atoms with van der Waals surface area (Å²) in [4.78, 5) is 12.6. The van der Waals surface area contributed by atoms with Gasteiger partial charge in [0.25, 0.3) is 0 Å². The third-order valence-electron chi connectivity index (χ3n) is 3.77. The maximum absolute atomic E-state index is 11.5. The van der Waals surface area contributed by atoms with Crippen LogP contribution < -0.4 is 0 Å². The van der Waals surface area contributed by atoms with Crippen molar-refractivity contribution in [3.63, 3.8) is 0 Å². The molecule has 23 heavy (non-hydrogen) atoms. The van der Waals surface area contributed by atoms with E-state index in [9.17, 15) is 9.90 Å². The molecular weight excluding hydrogens is 304 g/mol. The summed E-state index contributed by atoms with van der Waals surface area (Å²) in [6.45, 7) is 18.5. The standard InChI is InChI=1S/C20H32O2S/c1-13(21)12-20(8,9)23-14-10-15(18(2,3)4)17(22)16(11-14)19(5,6)7/h10-11,22H,12H2,1-9H3. The average Bonchev–Trinajstić information content (AvgIpc) is 2.25. The molecule has 0 aliphatic rings. The van der Waals surface area contributed by atoms with Crippen molar-refractivity contribution in [2.75, 3.05) is 0 Å². The van der Waals surface area contributed by atoms with Crippen LogP contribution in [0.1, 0.15) is 79.9 Å². The number of thioether (sulfide) groups is 1. The Hall–Kier alpha value is -0.960. The Morgan fingerprint density at radius 2 is 1.35 bits per heavy atom. The maximum Gasteiger partial charge on any atom is 0.131 e. The number of carbonyl (C=O) groups is 1. The maximum atomic E-state index is 11.5. The van der Waals surface area contributed by atoms with E-state index in [1.807, 2.05) is 0 Å². The summed E-state index contributed by atoms with van der Waals surface area (Å²) in [5, 5.41) is 10.8. The first kappa shape index (κ1) is 20.1. The third-order valence-corrected chi connectivity index (χ3v) is 4.94. The van der Waals surface area contributed by atoms with Gasteiger partial charge in [0.2, 0.25) is 0 Å². The van der Waals surface area contributed by atoms with Crippen LogP contribution >= 0.6 is 11.8 Å². The van der Waals surface area contributed by atoms with Gasteiger partial charge >= 0.3 is 0 Å². The van der Waals surface area contributed by atoms with Crippen molar-refractivity contribution in [3.05, 3.63) is 23.3 Å². The lowest BCUT2D eigenvalue weighted by Crippen LogP contribution is -2.20. The quantitative estimate of drug-likeness (QED) is 0.702. The number of carbonyl (C=O) groups excluding carboxylic acids is 1. The molecule has 1 aromatic carbocycles. The lowest BCUT2D eigenvalue weighted by Gasteiger charge is -2.30. The molecule has 130 valence electrons. The topological polar surface area (TPSA) is 37.3 Å². The van der Waals surface area contributed by atoms with Crippen molar-refractivity contribution >= 4 is 17.5 Å². The fourth-order valence-electron chi connectivity index (χ4n) is 2.76. The van der Waals surface area contributed by atoms with Crippen molar-refractivity contribution in [2.24, 2.45) is 0 Å². The van der Waals surface area contributed by atoms with Gasteiger partial charge in [0.15, 0.2) is 0 Å². The molecule has 0 heterocycles. The molecule has 0 saturated heterocycles. The smallest absolute Gasteiger partial charge is 0.131 e. The lowest BCUT2D eigenvalue weighted by molar-refractivity contribution is -0.117. The second-order valence-electron chi connectivity index (χ2n) is 9.11. The Morgan fingerprint density at radius 3 is 1.65 bits per heavy atom. The molecule has 0 saturated carbocycles. The minimum absolute atomic E-state index is 0.134. The van der Waals surface area contributed by atoms with Gasteiger partial charge < -0.3 is 5.11 Å². The fourth-order valence-corrected chi connectivity index (χ4v) is 4.03. The van der Waals surface area contributed by atoms with Gasteiger partial charge in [-0.2, -0.15) is 0 Å². The van der Waals surface area contributed by atoms with Gasteiger partial charge in [0, 0.05) is 27.2 Å². The van der Waals surface area contributed by atoms with Crippen LogP contribution in [0.15, 0.2) is 17.0 Å². The number of hydrogen-bond donors (Lipinski definition) is 1. The van der Waals surface area contributed by atoms with Crippen molar-refractivity contribution < 1.29 is 9.90 Å². The van der Waals surface area contributed by atoms with Crippen LogP contribution in [0.2, 0.25) is 0 Å². The van der Waals surface area contributed by atoms with Crippen molar-refractivity contribution in [2.45, 2.75) is 89.2 Å². The van der Waals surface area contributed by atoms with Gasteiger partial charge in [-0.1, -0.05) is 41.5 Å². The van der Waals surface area contributed by atoms with Gasteiger partial charge in [-0.3, -0.25) is 4.79 Å². The van der Waals surface area contributed by atoms with E-state index in [0.29, 0.717) is 12.2 Å². The predicted octanol–water partition coefficient (Wildman–Crippen LogP) is 5.84. The molecule has 0 bridgehead atoms. The number of ketones is 1. The number of benzene rings is 1. The van der Waals surface area contributed by atoms with E-state index < -0.39 is 0 Å². The highest BCUT2D eigenvalue weighted by Gasteiger charge is 2.29. The van der Waals surface area contributed by atoms with Crippen molar-refractivity contribution in [1.82, 2.24) is 0 Å². The molecule has 3 heteroatoms. The van der Waals surface area contributed by atoms with Crippen molar-refractivity contribution in [3.8, 4) is 5.75 Å². The first-order valence-electron chi connectivity index (χ1n) is 8.20. The summed E-state index contributed by atoms with van der Waals surface area (Å²) >= 11 is 1.71. The molecule has 0 unspecified atom stereocenters. The molecule has 1 rings (SSSR count). The lowest BCUT2D eigenvalue weighted by atomic mass is 9.79. The number of phenols is 1. The predicted molar refractivity (Wildman–Crippen MR) is 101 cm³/mol. The van der Waals surface area contributed by atoms with Gasteiger partial charge in [-0.05, 0) is 43.7 Å². The highest BCUT2D eigenvalue weighted by atomic mass is 32.2. The van der Waals surface area contributed by atoms with E-state index in [-0.39, 0.29) is 21.4 Å². The Bertz CT molecular complexity index is 552. The number of phenolic OH excluding ortho intramolecular Hbond substituents is 1. The zero-order valence-electron chi connectivity index (χ0n) is 16.1. The van der Waals surface area contributed by atoms with Crippen LogP contribution in [0.25, 0.3) is 0 Å². The molecule has 0 atom stereocenters. The van der Waals surface area contributed by atoms with Gasteiger partial charge in [-0.15, -0.1) is 11.8 Å². The minimum Gasteiger partial charge on any atom is -0.507 e. The summed E-state index contributed by atoms with van der Waals surface area (Å²) in [6, 6.07) is 4.16. The van der Waals surface area contributed by atoms with Crippen LogP contribution in [-0.4, -0.2) is 15.6 Å². The SMILES string of the molecule is CC(=O)CC(C)(C)Sc1cc(C(C)(C)C)c(O)c(C(C)(C)C)c1. The number of hydrogen-bond acceptors (Lipinski definition) is 3. The van der Waals surface area contributed by atoms with Crippen LogP contribution in [0.4, 0.5) is 0 Å². The molecule has 0 fully saturated rings. The van der Waals surface area contributed by atoms with Crippen LogP contribution in [-0.2, 0) is 15.6 Å². The normalized spacial score (nSPS) is 13.3. The molecule has 0 aliphatic heterocycles. The molecule has 1 aromatic rings. The number of rotatable bonds is 4. The fraction of sp³-hybridized carbons (Fsp3) is 0.650. The van der Waals surface area contributed by atoms with Gasteiger partial charge in [-0.25, -0.2) is 0 Å². The summed E-state index contributed by atoms with van der Waals surface area (Å²) < 4.78 is -0.160. The Morgan fingerprint density at radius 1 is 0.957 bits per heavy atom. The molecule has 0 amide bonds. The highest BCUT2D eigenvalue weighted by molar-refractivity contribution is 8.00. The number of Topliss-reactive ketones (excluding diaryl/α,β-unsaturated/α-hetero) is 1. The zero-order chi connectivity index (χ0) is 18.2. The van der Waals surface area contributed by atoms with Gasteiger partial charge in [0.05, 0.1) is 0 Å². The van der Waals surface area contributed by atoms with E-state index in [0.717, 1.165) is 16.0 Å². The molecule has 0 aromatic heterocycles. The molecular formula is C20H32O2S. The summed E-state index contributed by atoms with van der Waals surface area (Å²) in [5.41, 5.74) is 1.66. The molecule has 0 aliphatic carbocycles. The number of aromatic hydroxyl groups is 1. The van der Waals surface area contributed by atoms with Gasteiger partial charge in [0.1, 0.15) is 11.5 Å². The van der Waals surface area contributed by atoms with E-state index in [4.69, 9.17) is 0 Å². The Kier molecular flexibility index (Phi) is 5.68. The second-order valence-corrected chi connectivity index (χ2v) is 10.9. The Labute approximate surface area is 146 Å². The van der Waals surface area contributed by atoms with Crippen molar-refractivity contribution in [1.29, 1.82) is 0 Å². The monoisotopic (exact) mass is 336 g/mol. The van der Waals surface area contributed by atoms with E-state index in [1.54, 1.807) is 18.7 Å². The molecule has 1 N–H and O–H groups in total. The van der Waals surface area contributed by atoms with Crippen LogP contribution in [0, 0.1) is 0 Å². The van der Waals surface area contributed by atoms with Crippen LogP contribution in [0.5, 0.6) is 5.75 Å². The minimum atomic E-state index is -0.160. The molecule has 0 radical (unpaired) electrons. The Balaban J connectivity index is 3.42. The molecule has 2 nitrogen and oxygen atoms in total. The largest absolute Gasteiger partial charge is 0.507 e. The highest BCUT2D eigenvalue weighted by Crippen LogP contribution is 2.44. The summed E-state index contributed by atoms with van der Waals surface area (Å²) in [5.74, 6) is 0.604. The van der Waals surface area contributed by atoms with E-state index in [2.05, 4.69) is 67.5 Å².